The summed E-state index contributed by atoms with van der Waals surface area (Å²) in [6.07, 6.45) is 0.122. The average Bonchev–Trinajstić information content (AvgIpc) is 3.14. The SMILES string of the molecule is COc1ccc(OC)c(N2C[C@H](C(=O)Nc3ccc4c(c3)OCCO4)CC2=O)c1. The van der Waals surface area contributed by atoms with Crippen molar-refractivity contribution in [2.45, 2.75) is 6.42 Å². The fourth-order valence-electron chi connectivity index (χ4n) is 3.49. The first-order valence-corrected chi connectivity index (χ1v) is 9.32. The molecule has 8 nitrogen and oxygen atoms in total. The standard InChI is InChI=1S/C21H22N2O6/c1-26-15-4-6-17(27-2)16(11-15)23-12-13(9-20(23)24)21(25)22-14-3-5-18-19(10-14)29-8-7-28-18/h3-6,10-11,13H,7-9,12H2,1-2H3,(H,22,25)/t13-/m1/s1. The van der Waals surface area contributed by atoms with Crippen LogP contribution in [0.2, 0.25) is 0 Å². The van der Waals surface area contributed by atoms with E-state index in [0.717, 1.165) is 0 Å². The number of fused-ring (bicyclic) bond motifs is 1. The minimum absolute atomic E-state index is 0.122. The summed E-state index contributed by atoms with van der Waals surface area (Å²) in [6.45, 7) is 1.24. The molecule has 1 fully saturated rings. The molecule has 2 aromatic rings. The second kappa shape index (κ2) is 7.90. The van der Waals surface area contributed by atoms with Gasteiger partial charge in [0.1, 0.15) is 24.7 Å². The largest absolute Gasteiger partial charge is 0.497 e. The molecule has 0 aromatic heterocycles. The first-order valence-electron chi connectivity index (χ1n) is 9.32. The second-order valence-electron chi connectivity index (χ2n) is 6.79. The van der Waals surface area contributed by atoms with Crippen LogP contribution in [0.4, 0.5) is 11.4 Å². The number of amides is 2. The van der Waals surface area contributed by atoms with E-state index in [9.17, 15) is 9.59 Å². The van der Waals surface area contributed by atoms with Crippen molar-refractivity contribution < 1.29 is 28.5 Å². The number of carbonyl (C=O) groups excluding carboxylic acids is 2. The third kappa shape index (κ3) is 3.78. The topological polar surface area (TPSA) is 86.3 Å². The van der Waals surface area contributed by atoms with Crippen molar-refractivity contribution in [3.63, 3.8) is 0 Å². The third-order valence-corrected chi connectivity index (χ3v) is 4.98. The highest BCUT2D eigenvalue weighted by Gasteiger charge is 2.36. The Morgan fingerprint density at radius 3 is 2.62 bits per heavy atom. The molecule has 1 N–H and O–H groups in total. The highest BCUT2D eigenvalue weighted by Crippen LogP contribution is 2.37. The lowest BCUT2D eigenvalue weighted by molar-refractivity contribution is -0.122. The number of hydrogen-bond donors (Lipinski definition) is 1. The molecule has 4 rings (SSSR count). The van der Waals surface area contributed by atoms with Crippen molar-refractivity contribution in [3.8, 4) is 23.0 Å². The molecular weight excluding hydrogens is 376 g/mol. The maximum Gasteiger partial charge on any atom is 0.229 e. The molecule has 1 atom stereocenters. The summed E-state index contributed by atoms with van der Waals surface area (Å²) in [5, 5.41) is 2.87. The lowest BCUT2D eigenvalue weighted by atomic mass is 10.1. The molecule has 152 valence electrons. The van der Waals surface area contributed by atoms with Crippen LogP contribution in [0.5, 0.6) is 23.0 Å². The average molecular weight is 398 g/mol. The van der Waals surface area contributed by atoms with Crippen molar-refractivity contribution in [1.82, 2.24) is 0 Å². The molecule has 2 amide bonds. The van der Waals surface area contributed by atoms with Gasteiger partial charge in [0.25, 0.3) is 0 Å². The van der Waals surface area contributed by atoms with E-state index in [4.69, 9.17) is 18.9 Å². The molecule has 0 spiro atoms. The highest BCUT2D eigenvalue weighted by atomic mass is 16.6. The number of nitrogens with zero attached hydrogens (tertiary/aromatic N) is 1. The van der Waals surface area contributed by atoms with E-state index in [1.54, 1.807) is 48.4 Å². The van der Waals surface area contributed by atoms with Gasteiger partial charge in [-0.05, 0) is 24.3 Å². The summed E-state index contributed by atoms with van der Waals surface area (Å²) >= 11 is 0. The van der Waals surface area contributed by atoms with E-state index < -0.39 is 5.92 Å². The minimum Gasteiger partial charge on any atom is -0.497 e. The van der Waals surface area contributed by atoms with Crippen LogP contribution in [-0.2, 0) is 9.59 Å². The fourth-order valence-corrected chi connectivity index (χ4v) is 3.49. The van der Waals surface area contributed by atoms with E-state index in [-0.39, 0.29) is 24.8 Å². The molecule has 2 aliphatic heterocycles. The first kappa shape index (κ1) is 18.9. The zero-order chi connectivity index (χ0) is 20.4. The quantitative estimate of drug-likeness (QED) is 0.833. The number of benzene rings is 2. The Morgan fingerprint density at radius 2 is 1.86 bits per heavy atom. The Balaban J connectivity index is 1.48. The summed E-state index contributed by atoms with van der Waals surface area (Å²) in [4.78, 5) is 26.9. The summed E-state index contributed by atoms with van der Waals surface area (Å²) in [6, 6.07) is 10.5. The van der Waals surface area contributed by atoms with Crippen LogP contribution in [0.25, 0.3) is 0 Å². The van der Waals surface area contributed by atoms with Gasteiger partial charge in [0.15, 0.2) is 11.5 Å². The molecule has 0 radical (unpaired) electrons. The Morgan fingerprint density at radius 1 is 1.07 bits per heavy atom. The number of hydrogen-bond acceptors (Lipinski definition) is 6. The number of nitrogens with one attached hydrogen (secondary N) is 1. The molecular formula is C21H22N2O6. The number of anilines is 2. The smallest absolute Gasteiger partial charge is 0.229 e. The normalized spacial score (nSPS) is 17.8. The molecule has 2 aromatic carbocycles. The van der Waals surface area contributed by atoms with Crippen molar-refractivity contribution in [1.29, 1.82) is 0 Å². The molecule has 0 aliphatic carbocycles. The van der Waals surface area contributed by atoms with Crippen LogP contribution in [0.3, 0.4) is 0 Å². The molecule has 2 heterocycles. The number of methoxy groups -OCH3 is 2. The van der Waals surface area contributed by atoms with Gasteiger partial charge in [0, 0.05) is 30.8 Å². The summed E-state index contributed by atoms with van der Waals surface area (Å²) in [5.74, 6) is 1.57. The molecule has 1 saturated heterocycles. The summed E-state index contributed by atoms with van der Waals surface area (Å²) < 4.78 is 21.7. The van der Waals surface area contributed by atoms with Gasteiger partial charge in [0.2, 0.25) is 11.8 Å². The Labute approximate surface area is 168 Å². The van der Waals surface area contributed by atoms with Crippen molar-refractivity contribution in [2.75, 3.05) is 44.2 Å². The van der Waals surface area contributed by atoms with Gasteiger partial charge < -0.3 is 29.2 Å². The second-order valence-corrected chi connectivity index (χ2v) is 6.79. The number of ether oxygens (including phenoxy) is 4. The predicted octanol–water partition coefficient (Wildman–Crippen LogP) is 2.47. The van der Waals surface area contributed by atoms with Crippen molar-refractivity contribution >= 4 is 23.2 Å². The molecule has 0 bridgehead atoms. The van der Waals surface area contributed by atoms with Gasteiger partial charge in [-0.2, -0.15) is 0 Å². The Hall–Kier alpha value is -3.42. The molecule has 0 unspecified atom stereocenters. The van der Waals surface area contributed by atoms with Crippen molar-refractivity contribution in [2.24, 2.45) is 5.92 Å². The van der Waals surface area contributed by atoms with E-state index in [1.165, 1.54) is 7.11 Å². The van der Waals surface area contributed by atoms with E-state index >= 15 is 0 Å². The van der Waals surface area contributed by atoms with Crippen LogP contribution < -0.4 is 29.2 Å². The Kier molecular flexibility index (Phi) is 5.16. The van der Waals surface area contributed by atoms with Gasteiger partial charge in [0.05, 0.1) is 25.8 Å². The van der Waals surface area contributed by atoms with E-state index in [1.807, 2.05) is 0 Å². The lowest BCUT2D eigenvalue weighted by Crippen LogP contribution is -2.28. The van der Waals surface area contributed by atoms with Crippen LogP contribution >= 0.6 is 0 Å². The van der Waals surface area contributed by atoms with Gasteiger partial charge >= 0.3 is 0 Å². The molecule has 29 heavy (non-hydrogen) atoms. The third-order valence-electron chi connectivity index (χ3n) is 4.98. The number of rotatable bonds is 5. The van der Waals surface area contributed by atoms with E-state index in [0.29, 0.717) is 47.6 Å². The summed E-state index contributed by atoms with van der Waals surface area (Å²) in [7, 11) is 3.10. The van der Waals surface area contributed by atoms with E-state index in [2.05, 4.69) is 5.32 Å². The predicted molar refractivity (Wildman–Crippen MR) is 106 cm³/mol. The lowest BCUT2D eigenvalue weighted by Gasteiger charge is -2.21. The minimum atomic E-state index is -0.480. The zero-order valence-corrected chi connectivity index (χ0v) is 16.3. The van der Waals surface area contributed by atoms with Gasteiger partial charge in [-0.25, -0.2) is 0 Å². The van der Waals surface area contributed by atoms with Crippen LogP contribution in [0.15, 0.2) is 36.4 Å². The highest BCUT2D eigenvalue weighted by molar-refractivity contribution is 6.04. The number of carbonyl (C=O) groups is 2. The van der Waals surface area contributed by atoms with Gasteiger partial charge in [-0.15, -0.1) is 0 Å². The fraction of sp³-hybridized carbons (Fsp3) is 0.333. The molecule has 2 aliphatic rings. The van der Waals surface area contributed by atoms with Gasteiger partial charge in [-0.3, -0.25) is 9.59 Å². The van der Waals surface area contributed by atoms with Crippen LogP contribution in [0, 0.1) is 5.92 Å². The maximum absolute atomic E-state index is 12.8. The van der Waals surface area contributed by atoms with Crippen LogP contribution in [-0.4, -0.2) is 45.8 Å². The summed E-state index contributed by atoms with van der Waals surface area (Å²) in [5.41, 5.74) is 1.19. The molecule has 0 saturated carbocycles. The Bertz CT molecular complexity index is 945. The monoisotopic (exact) mass is 398 g/mol. The van der Waals surface area contributed by atoms with Crippen molar-refractivity contribution in [3.05, 3.63) is 36.4 Å². The van der Waals surface area contributed by atoms with Crippen LogP contribution in [0.1, 0.15) is 6.42 Å². The zero-order valence-electron chi connectivity index (χ0n) is 16.3. The maximum atomic E-state index is 12.8. The molecule has 8 heteroatoms. The van der Waals surface area contributed by atoms with Gasteiger partial charge in [-0.1, -0.05) is 0 Å². The first-order chi connectivity index (χ1) is 14.1.